The van der Waals surface area contributed by atoms with Crippen LogP contribution in [0.1, 0.15) is 21.6 Å². The van der Waals surface area contributed by atoms with Gasteiger partial charge in [-0.2, -0.15) is 5.10 Å². The summed E-state index contributed by atoms with van der Waals surface area (Å²) in [5.74, 6) is 0.0682. The molecule has 24 heavy (non-hydrogen) atoms. The van der Waals surface area contributed by atoms with E-state index in [1.54, 1.807) is 6.20 Å². The summed E-state index contributed by atoms with van der Waals surface area (Å²) >= 11 is 0. The Kier molecular flexibility index (Phi) is 3.61. The van der Waals surface area contributed by atoms with E-state index in [1.165, 1.54) is 0 Å². The van der Waals surface area contributed by atoms with Crippen molar-refractivity contribution in [3.8, 4) is 11.4 Å². The highest BCUT2D eigenvalue weighted by molar-refractivity contribution is 5.94. The fourth-order valence-corrected chi connectivity index (χ4v) is 3.07. The van der Waals surface area contributed by atoms with Crippen LogP contribution in [0.2, 0.25) is 0 Å². The normalized spacial score (nSPS) is 13.6. The molecule has 1 aliphatic rings. The molecule has 5 nitrogen and oxygen atoms in total. The van der Waals surface area contributed by atoms with Gasteiger partial charge in [0.05, 0.1) is 24.5 Å². The van der Waals surface area contributed by atoms with Crippen molar-refractivity contribution in [2.24, 2.45) is 0 Å². The molecule has 0 saturated carbocycles. The number of aromatic nitrogens is 3. The van der Waals surface area contributed by atoms with E-state index >= 15 is 0 Å². The molecule has 3 heterocycles. The summed E-state index contributed by atoms with van der Waals surface area (Å²) in [6.07, 6.45) is 1.78. The molecule has 0 spiro atoms. The minimum atomic E-state index is 0.0682. The van der Waals surface area contributed by atoms with Crippen LogP contribution in [-0.4, -0.2) is 32.1 Å². The highest BCUT2D eigenvalue weighted by Gasteiger charge is 2.23. The van der Waals surface area contributed by atoms with Gasteiger partial charge in [0.1, 0.15) is 5.69 Å². The second-order valence-electron chi connectivity index (χ2n) is 6.01. The summed E-state index contributed by atoms with van der Waals surface area (Å²) in [4.78, 5) is 18.9. The first-order chi connectivity index (χ1) is 11.7. The summed E-state index contributed by atoms with van der Waals surface area (Å²) in [5, 5.41) is 4.66. The van der Waals surface area contributed by atoms with Gasteiger partial charge in [-0.25, -0.2) is 0 Å². The average molecular weight is 318 g/mol. The Labute approximate surface area is 140 Å². The lowest BCUT2D eigenvalue weighted by molar-refractivity contribution is 0.0706. The molecule has 1 aromatic carbocycles. The first-order valence-corrected chi connectivity index (χ1v) is 8.05. The summed E-state index contributed by atoms with van der Waals surface area (Å²) in [7, 11) is 0. The third-order valence-electron chi connectivity index (χ3n) is 4.36. The number of amides is 1. The monoisotopic (exact) mass is 318 g/mol. The second-order valence-corrected chi connectivity index (χ2v) is 6.01. The molecule has 5 heteroatoms. The molecule has 1 amide bonds. The molecule has 0 saturated heterocycles. The van der Waals surface area contributed by atoms with Gasteiger partial charge >= 0.3 is 0 Å². The fraction of sp³-hybridized carbons (Fsp3) is 0.211. The number of pyridine rings is 1. The lowest BCUT2D eigenvalue weighted by Crippen LogP contribution is -2.38. The number of fused-ring (bicyclic) bond motifs is 1. The third-order valence-corrected chi connectivity index (χ3v) is 4.36. The number of hydrogen-bond donors (Lipinski definition) is 0. The molecule has 1 aliphatic heterocycles. The molecular formula is C19H18N4O. The Bertz CT molecular complexity index is 885. The van der Waals surface area contributed by atoms with Crippen LogP contribution in [0.5, 0.6) is 0 Å². The minimum Gasteiger partial charge on any atom is -0.331 e. The van der Waals surface area contributed by atoms with Crippen molar-refractivity contribution in [3.63, 3.8) is 0 Å². The van der Waals surface area contributed by atoms with Crippen molar-refractivity contribution in [2.45, 2.75) is 20.0 Å². The van der Waals surface area contributed by atoms with Crippen molar-refractivity contribution in [1.82, 2.24) is 19.7 Å². The lowest BCUT2D eigenvalue weighted by atomic mass is 10.1. The Morgan fingerprint density at radius 1 is 1.08 bits per heavy atom. The van der Waals surface area contributed by atoms with E-state index in [2.05, 4.69) is 10.1 Å². The predicted octanol–water partition coefficient (Wildman–Crippen LogP) is 2.91. The van der Waals surface area contributed by atoms with E-state index in [0.717, 1.165) is 28.2 Å². The molecule has 0 radical (unpaired) electrons. The van der Waals surface area contributed by atoms with Crippen molar-refractivity contribution < 1.29 is 4.79 Å². The Morgan fingerprint density at radius 2 is 1.92 bits per heavy atom. The molecule has 0 fully saturated rings. The SMILES string of the molecule is Cc1cccnc1-c1cc2n(n1)CCN(C(=O)c1ccccc1)C2. The first-order valence-electron chi connectivity index (χ1n) is 8.05. The Morgan fingerprint density at radius 3 is 2.71 bits per heavy atom. The van der Waals surface area contributed by atoms with E-state index < -0.39 is 0 Å². The summed E-state index contributed by atoms with van der Waals surface area (Å²) in [6.45, 7) is 3.99. The molecule has 0 aliphatic carbocycles. The molecule has 0 N–H and O–H groups in total. The van der Waals surface area contributed by atoms with Gasteiger partial charge in [-0.05, 0) is 36.8 Å². The van der Waals surface area contributed by atoms with Crippen LogP contribution in [-0.2, 0) is 13.1 Å². The predicted molar refractivity (Wildman–Crippen MR) is 91.4 cm³/mol. The van der Waals surface area contributed by atoms with Crippen molar-refractivity contribution >= 4 is 5.91 Å². The quantitative estimate of drug-likeness (QED) is 0.730. The van der Waals surface area contributed by atoms with Gasteiger partial charge in [0, 0.05) is 18.3 Å². The minimum absolute atomic E-state index is 0.0682. The maximum absolute atomic E-state index is 12.6. The molecule has 3 aromatic rings. The zero-order valence-electron chi connectivity index (χ0n) is 13.5. The van der Waals surface area contributed by atoms with Crippen LogP contribution in [0, 0.1) is 6.92 Å². The van der Waals surface area contributed by atoms with Crippen LogP contribution in [0.4, 0.5) is 0 Å². The van der Waals surface area contributed by atoms with Gasteiger partial charge < -0.3 is 4.90 Å². The molecule has 0 bridgehead atoms. The number of nitrogens with zero attached hydrogens (tertiary/aromatic N) is 4. The number of aryl methyl sites for hydroxylation is 1. The van der Waals surface area contributed by atoms with E-state index in [1.807, 2.05) is 65.0 Å². The maximum Gasteiger partial charge on any atom is 0.254 e. The lowest BCUT2D eigenvalue weighted by Gasteiger charge is -2.27. The maximum atomic E-state index is 12.6. The van der Waals surface area contributed by atoms with E-state index in [-0.39, 0.29) is 5.91 Å². The van der Waals surface area contributed by atoms with E-state index in [0.29, 0.717) is 19.6 Å². The zero-order chi connectivity index (χ0) is 16.5. The van der Waals surface area contributed by atoms with Crippen LogP contribution < -0.4 is 0 Å². The molecule has 120 valence electrons. The Hall–Kier alpha value is -2.95. The highest BCUT2D eigenvalue weighted by Crippen LogP contribution is 2.23. The second kappa shape index (κ2) is 5.92. The smallest absolute Gasteiger partial charge is 0.254 e. The van der Waals surface area contributed by atoms with Gasteiger partial charge in [-0.3, -0.25) is 14.5 Å². The summed E-state index contributed by atoms with van der Waals surface area (Å²) in [6, 6.07) is 15.4. The van der Waals surface area contributed by atoms with Crippen LogP contribution in [0.15, 0.2) is 54.7 Å². The average Bonchev–Trinajstić information content (AvgIpc) is 3.05. The number of hydrogen-bond acceptors (Lipinski definition) is 3. The standard InChI is InChI=1S/C19H18N4O/c1-14-6-5-9-20-18(14)17-12-16-13-22(10-11-23(16)21-17)19(24)15-7-3-2-4-8-15/h2-9,12H,10-11,13H2,1H3. The van der Waals surface area contributed by atoms with Crippen LogP contribution in [0.3, 0.4) is 0 Å². The first kappa shape index (κ1) is 14.6. The summed E-state index contributed by atoms with van der Waals surface area (Å²) in [5.41, 5.74) is 4.65. The Balaban J connectivity index is 1.60. The van der Waals surface area contributed by atoms with Crippen LogP contribution in [0.25, 0.3) is 11.4 Å². The van der Waals surface area contributed by atoms with Crippen molar-refractivity contribution in [1.29, 1.82) is 0 Å². The highest BCUT2D eigenvalue weighted by atomic mass is 16.2. The number of benzene rings is 1. The number of rotatable bonds is 2. The van der Waals surface area contributed by atoms with Crippen LogP contribution >= 0.6 is 0 Å². The summed E-state index contributed by atoms with van der Waals surface area (Å²) < 4.78 is 1.98. The van der Waals surface area contributed by atoms with Gasteiger partial charge in [0.25, 0.3) is 5.91 Å². The molecule has 0 atom stereocenters. The third kappa shape index (κ3) is 2.58. The molecule has 2 aromatic heterocycles. The fourth-order valence-electron chi connectivity index (χ4n) is 3.07. The van der Waals surface area contributed by atoms with Crippen molar-refractivity contribution in [2.75, 3.05) is 6.54 Å². The van der Waals surface area contributed by atoms with Gasteiger partial charge in [-0.1, -0.05) is 24.3 Å². The number of carbonyl (C=O) groups excluding carboxylic acids is 1. The van der Waals surface area contributed by atoms with Crippen molar-refractivity contribution in [3.05, 3.63) is 71.5 Å². The number of carbonyl (C=O) groups is 1. The van der Waals surface area contributed by atoms with Gasteiger partial charge in [0.2, 0.25) is 0 Å². The van der Waals surface area contributed by atoms with E-state index in [9.17, 15) is 4.79 Å². The van der Waals surface area contributed by atoms with Gasteiger partial charge in [0.15, 0.2) is 0 Å². The zero-order valence-corrected chi connectivity index (χ0v) is 13.5. The molecular weight excluding hydrogens is 300 g/mol. The molecule has 4 rings (SSSR count). The molecule has 0 unspecified atom stereocenters. The van der Waals surface area contributed by atoms with E-state index in [4.69, 9.17) is 0 Å². The van der Waals surface area contributed by atoms with Gasteiger partial charge in [-0.15, -0.1) is 0 Å². The largest absolute Gasteiger partial charge is 0.331 e. The topological polar surface area (TPSA) is 51.0 Å².